The summed E-state index contributed by atoms with van der Waals surface area (Å²) < 4.78 is 26.0. The Bertz CT molecular complexity index is 1070. The van der Waals surface area contributed by atoms with Gasteiger partial charge in [0.05, 0.1) is 4.75 Å². The van der Waals surface area contributed by atoms with Crippen LogP contribution >= 0.6 is 11.3 Å². The Morgan fingerprint density at radius 3 is 2.21 bits per heavy atom. The third kappa shape index (κ3) is 4.55. The molecule has 9 heteroatoms. The van der Waals surface area contributed by atoms with E-state index in [1.54, 1.807) is 45.0 Å². The van der Waals surface area contributed by atoms with Crippen molar-refractivity contribution in [1.29, 1.82) is 0 Å². The lowest BCUT2D eigenvalue weighted by atomic mass is 10.2. The summed E-state index contributed by atoms with van der Waals surface area (Å²) in [6, 6.07) is 15.8. The average molecular weight is 417 g/mol. The van der Waals surface area contributed by atoms with E-state index in [9.17, 15) is 13.2 Å². The average Bonchev–Trinajstić information content (AvgIpc) is 3.10. The van der Waals surface area contributed by atoms with Crippen LogP contribution in [0, 0.1) is 0 Å². The van der Waals surface area contributed by atoms with Crippen molar-refractivity contribution in [3.8, 4) is 10.6 Å². The molecule has 0 spiro atoms. The Balaban J connectivity index is 1.68. The molecule has 7 nitrogen and oxygen atoms in total. The van der Waals surface area contributed by atoms with Crippen molar-refractivity contribution >= 4 is 38.1 Å². The first-order valence-corrected chi connectivity index (χ1v) is 10.8. The third-order valence-electron chi connectivity index (χ3n) is 3.87. The number of nitrogens with zero attached hydrogens (tertiary/aromatic N) is 2. The molecule has 0 aliphatic heterocycles. The summed E-state index contributed by atoms with van der Waals surface area (Å²) >= 11 is 1.28. The van der Waals surface area contributed by atoms with E-state index in [2.05, 4.69) is 20.2 Å². The highest BCUT2D eigenvalue weighted by atomic mass is 32.2. The topological polar surface area (TPSA) is 101 Å². The van der Waals surface area contributed by atoms with Crippen LogP contribution in [0.1, 0.15) is 31.1 Å². The van der Waals surface area contributed by atoms with E-state index in [1.165, 1.54) is 11.3 Å². The Labute approximate surface area is 167 Å². The minimum Gasteiger partial charge on any atom is -0.296 e. The van der Waals surface area contributed by atoms with Crippen molar-refractivity contribution in [2.45, 2.75) is 25.5 Å². The molecule has 28 heavy (non-hydrogen) atoms. The number of carbonyl (C=O) groups excluding carboxylic acids is 1. The number of hydrogen-bond donors (Lipinski definition) is 2. The largest absolute Gasteiger partial charge is 0.296 e. The maximum Gasteiger partial charge on any atom is 0.257 e. The monoisotopic (exact) mass is 416 g/mol. The van der Waals surface area contributed by atoms with Gasteiger partial charge in [-0.15, -0.1) is 10.2 Å². The van der Waals surface area contributed by atoms with E-state index >= 15 is 0 Å². The van der Waals surface area contributed by atoms with Crippen LogP contribution in [0.15, 0.2) is 54.6 Å². The summed E-state index contributed by atoms with van der Waals surface area (Å²) in [5, 5.41) is 11.9. The second-order valence-corrected chi connectivity index (χ2v) is 10.4. The number of carbonyl (C=O) groups is 1. The number of amides is 1. The van der Waals surface area contributed by atoms with Gasteiger partial charge in [0.15, 0.2) is 0 Å². The molecule has 0 aliphatic carbocycles. The van der Waals surface area contributed by atoms with Gasteiger partial charge >= 0.3 is 0 Å². The molecular weight excluding hydrogens is 396 g/mol. The number of aromatic nitrogens is 2. The lowest BCUT2D eigenvalue weighted by molar-refractivity contribution is 0.102. The molecule has 3 rings (SSSR count). The first kappa shape index (κ1) is 20.0. The van der Waals surface area contributed by atoms with Gasteiger partial charge in [0.2, 0.25) is 15.2 Å². The normalized spacial score (nSPS) is 11.8. The molecule has 146 valence electrons. The number of rotatable bonds is 5. The Hall–Kier alpha value is -2.78. The van der Waals surface area contributed by atoms with Gasteiger partial charge in [-0.25, -0.2) is 8.42 Å². The Kier molecular flexibility index (Phi) is 5.48. The molecule has 2 N–H and O–H groups in total. The van der Waals surface area contributed by atoms with Gasteiger partial charge in [0, 0.05) is 16.8 Å². The van der Waals surface area contributed by atoms with Crippen LogP contribution in [-0.2, 0) is 10.0 Å². The summed E-state index contributed by atoms with van der Waals surface area (Å²) in [6.45, 7) is 4.84. The molecule has 0 saturated carbocycles. The van der Waals surface area contributed by atoms with Crippen molar-refractivity contribution in [3.63, 3.8) is 0 Å². The SMILES string of the molecule is CC(C)(C)S(=O)(=O)Nc1ccc(C(=O)Nc2nnc(-c3ccccc3)s2)cc1. The van der Waals surface area contributed by atoms with Crippen LogP contribution in [0.4, 0.5) is 10.8 Å². The van der Waals surface area contributed by atoms with Crippen molar-refractivity contribution < 1.29 is 13.2 Å². The highest BCUT2D eigenvalue weighted by molar-refractivity contribution is 7.94. The maximum absolute atomic E-state index is 12.4. The molecule has 1 heterocycles. The fourth-order valence-corrected chi connectivity index (χ4v) is 3.63. The molecule has 0 bridgehead atoms. The summed E-state index contributed by atoms with van der Waals surface area (Å²) in [5.41, 5.74) is 1.71. The summed E-state index contributed by atoms with van der Waals surface area (Å²) in [4.78, 5) is 12.4. The number of hydrogen-bond acceptors (Lipinski definition) is 6. The summed E-state index contributed by atoms with van der Waals surface area (Å²) in [5.74, 6) is -0.346. The summed E-state index contributed by atoms with van der Waals surface area (Å²) in [7, 11) is -3.52. The minimum atomic E-state index is -3.52. The van der Waals surface area contributed by atoms with Crippen LogP contribution in [0.3, 0.4) is 0 Å². The van der Waals surface area contributed by atoms with Gasteiger partial charge in [-0.1, -0.05) is 41.7 Å². The van der Waals surface area contributed by atoms with E-state index in [0.29, 0.717) is 21.4 Å². The second kappa shape index (κ2) is 7.69. The molecule has 1 aromatic heterocycles. The van der Waals surface area contributed by atoms with Crippen LogP contribution in [0.2, 0.25) is 0 Å². The molecule has 2 aromatic carbocycles. The van der Waals surface area contributed by atoms with Crippen molar-refractivity contribution in [1.82, 2.24) is 10.2 Å². The summed E-state index contributed by atoms with van der Waals surface area (Å²) in [6.07, 6.45) is 0. The molecule has 0 unspecified atom stereocenters. The number of nitrogens with one attached hydrogen (secondary N) is 2. The van der Waals surface area contributed by atoms with Crippen molar-refractivity contribution in [2.75, 3.05) is 10.0 Å². The number of benzene rings is 2. The predicted octanol–water partition coefficient (Wildman–Crippen LogP) is 4.00. The molecule has 3 aromatic rings. The number of anilines is 2. The molecule has 0 fully saturated rings. The standard InChI is InChI=1S/C19H20N4O3S2/c1-19(2,3)28(25,26)23-15-11-9-13(10-12-15)16(24)20-18-22-21-17(27-18)14-7-5-4-6-8-14/h4-12,23H,1-3H3,(H,20,22,24). The van der Waals surface area contributed by atoms with Gasteiger partial charge in [-0.2, -0.15) is 0 Å². The highest BCUT2D eigenvalue weighted by Gasteiger charge is 2.28. The first-order chi connectivity index (χ1) is 13.2. The molecule has 1 amide bonds. The van der Waals surface area contributed by atoms with E-state index in [4.69, 9.17) is 0 Å². The quantitative estimate of drug-likeness (QED) is 0.655. The van der Waals surface area contributed by atoms with Crippen LogP contribution in [-0.4, -0.2) is 29.3 Å². The lowest BCUT2D eigenvalue weighted by Crippen LogP contribution is -2.33. The fraction of sp³-hybridized carbons (Fsp3) is 0.211. The zero-order valence-electron chi connectivity index (χ0n) is 15.6. The van der Waals surface area contributed by atoms with Gasteiger partial charge in [0.25, 0.3) is 5.91 Å². The highest BCUT2D eigenvalue weighted by Crippen LogP contribution is 2.26. The van der Waals surface area contributed by atoms with Gasteiger partial charge in [-0.05, 0) is 45.0 Å². The van der Waals surface area contributed by atoms with Gasteiger partial charge in [-0.3, -0.25) is 14.8 Å². The smallest absolute Gasteiger partial charge is 0.257 e. The molecule has 0 saturated heterocycles. The van der Waals surface area contributed by atoms with E-state index in [1.807, 2.05) is 30.3 Å². The van der Waals surface area contributed by atoms with Gasteiger partial charge in [0.1, 0.15) is 5.01 Å². The lowest BCUT2D eigenvalue weighted by Gasteiger charge is -2.20. The molecule has 0 aliphatic rings. The van der Waals surface area contributed by atoms with Gasteiger partial charge < -0.3 is 0 Å². The molecule has 0 radical (unpaired) electrons. The van der Waals surface area contributed by atoms with Crippen LogP contribution in [0.5, 0.6) is 0 Å². The van der Waals surface area contributed by atoms with E-state index in [0.717, 1.165) is 5.56 Å². The van der Waals surface area contributed by atoms with E-state index < -0.39 is 14.8 Å². The molecular formula is C19H20N4O3S2. The Morgan fingerprint density at radius 1 is 0.964 bits per heavy atom. The van der Waals surface area contributed by atoms with Crippen LogP contribution < -0.4 is 10.0 Å². The van der Waals surface area contributed by atoms with Crippen molar-refractivity contribution in [2.24, 2.45) is 0 Å². The predicted molar refractivity (Wildman–Crippen MR) is 112 cm³/mol. The third-order valence-corrected chi connectivity index (χ3v) is 6.88. The van der Waals surface area contributed by atoms with Crippen molar-refractivity contribution in [3.05, 3.63) is 60.2 Å². The maximum atomic E-state index is 12.4. The zero-order valence-corrected chi connectivity index (χ0v) is 17.3. The van der Waals surface area contributed by atoms with Crippen LogP contribution in [0.25, 0.3) is 10.6 Å². The minimum absolute atomic E-state index is 0.346. The Morgan fingerprint density at radius 2 is 1.61 bits per heavy atom. The molecule has 0 atom stereocenters. The fourth-order valence-electron chi connectivity index (χ4n) is 2.14. The zero-order chi connectivity index (χ0) is 20.4. The first-order valence-electron chi connectivity index (χ1n) is 8.48. The number of sulfonamides is 1. The van der Waals surface area contributed by atoms with E-state index in [-0.39, 0.29) is 5.91 Å². The second-order valence-electron chi connectivity index (χ2n) is 7.03.